The molecule has 0 N–H and O–H groups in total. The van der Waals surface area contributed by atoms with Crippen molar-refractivity contribution in [1.82, 2.24) is 10.1 Å². The number of rotatable bonds is 2. The molecule has 0 amide bonds. The average Bonchev–Trinajstić information content (AvgIpc) is 2.67. The van der Waals surface area contributed by atoms with Gasteiger partial charge in [-0.25, -0.2) is 4.39 Å². The van der Waals surface area contributed by atoms with Crippen molar-refractivity contribution >= 4 is 11.6 Å². The first-order valence-corrected chi connectivity index (χ1v) is 4.32. The molecule has 0 fully saturated rings. The van der Waals surface area contributed by atoms with Crippen molar-refractivity contribution in [2.24, 2.45) is 0 Å². The van der Waals surface area contributed by atoms with E-state index in [0.29, 0.717) is 16.4 Å². The van der Waals surface area contributed by atoms with Crippen molar-refractivity contribution in [1.29, 1.82) is 0 Å². The summed E-state index contributed by atoms with van der Waals surface area (Å²) in [6.07, 6.45) is 0. The highest BCUT2D eigenvalue weighted by molar-refractivity contribution is 6.33. The Labute approximate surface area is 84.5 Å². The molecular weight excluding hydrogens is 207 g/mol. The van der Waals surface area contributed by atoms with Crippen LogP contribution in [0.25, 0.3) is 11.4 Å². The summed E-state index contributed by atoms with van der Waals surface area (Å²) in [5, 5.41) is 4.12. The van der Waals surface area contributed by atoms with Crippen LogP contribution in [0.15, 0.2) is 28.8 Å². The molecule has 2 aromatic rings. The molecule has 0 unspecified atom stereocenters. The first-order chi connectivity index (χ1) is 6.81. The quantitative estimate of drug-likeness (QED) is 0.768. The minimum Gasteiger partial charge on any atom is -0.336 e. The lowest BCUT2D eigenvalue weighted by Crippen LogP contribution is -1.82. The molecule has 0 saturated carbocycles. The van der Waals surface area contributed by atoms with E-state index in [-0.39, 0.29) is 5.89 Å². The fourth-order valence-electron chi connectivity index (χ4n) is 1.06. The zero-order valence-electron chi connectivity index (χ0n) is 7.08. The molecule has 72 valence electrons. The second kappa shape index (κ2) is 3.75. The topological polar surface area (TPSA) is 38.9 Å². The Morgan fingerprint density at radius 1 is 1.36 bits per heavy atom. The Bertz CT molecular complexity index is 444. The smallest absolute Gasteiger partial charge is 0.258 e. The molecule has 3 nitrogen and oxygen atoms in total. The molecule has 14 heavy (non-hydrogen) atoms. The van der Waals surface area contributed by atoms with Crippen LogP contribution < -0.4 is 0 Å². The van der Waals surface area contributed by atoms with E-state index in [1.54, 1.807) is 24.3 Å². The maximum Gasteiger partial charge on any atom is 0.258 e. The summed E-state index contributed by atoms with van der Waals surface area (Å²) in [5.74, 6) is 0.267. The second-order valence-electron chi connectivity index (χ2n) is 2.63. The van der Waals surface area contributed by atoms with Crippen molar-refractivity contribution in [3.05, 3.63) is 35.2 Å². The van der Waals surface area contributed by atoms with E-state index in [1.165, 1.54) is 0 Å². The summed E-state index contributed by atoms with van der Waals surface area (Å²) in [7, 11) is 0. The number of aromatic nitrogens is 2. The zero-order valence-corrected chi connectivity index (χ0v) is 7.83. The highest BCUT2D eigenvalue weighted by Gasteiger charge is 2.10. The third kappa shape index (κ3) is 1.61. The molecule has 0 atom stereocenters. The molecule has 0 spiro atoms. The van der Waals surface area contributed by atoms with Gasteiger partial charge in [0.2, 0.25) is 5.82 Å². The fraction of sp³-hybridized carbons (Fsp3) is 0.111. The van der Waals surface area contributed by atoms with Gasteiger partial charge in [-0.1, -0.05) is 28.9 Å². The van der Waals surface area contributed by atoms with E-state index in [0.717, 1.165) is 0 Å². The van der Waals surface area contributed by atoms with Crippen LogP contribution in [0.3, 0.4) is 0 Å². The highest BCUT2D eigenvalue weighted by Crippen LogP contribution is 2.24. The van der Waals surface area contributed by atoms with Gasteiger partial charge < -0.3 is 4.52 Å². The van der Waals surface area contributed by atoms with Crippen LogP contribution in [-0.4, -0.2) is 10.1 Å². The standard InChI is InChI=1S/C9H6ClFN2O/c10-7-4-2-1-3-6(7)9-12-8(5-11)14-13-9/h1-4H,5H2. The second-order valence-corrected chi connectivity index (χ2v) is 3.03. The molecule has 0 aliphatic carbocycles. The fourth-order valence-corrected chi connectivity index (χ4v) is 1.28. The van der Waals surface area contributed by atoms with Crippen LogP contribution in [0, 0.1) is 0 Å². The molecule has 2 rings (SSSR count). The third-order valence-electron chi connectivity index (χ3n) is 1.70. The summed E-state index contributed by atoms with van der Waals surface area (Å²) in [5.41, 5.74) is 0.637. The monoisotopic (exact) mass is 212 g/mol. The maximum absolute atomic E-state index is 12.1. The minimum atomic E-state index is -0.766. The summed E-state index contributed by atoms with van der Waals surface area (Å²) in [6.45, 7) is -0.766. The molecule has 1 heterocycles. The van der Waals surface area contributed by atoms with Gasteiger partial charge in [-0.3, -0.25) is 0 Å². The first kappa shape index (κ1) is 9.15. The van der Waals surface area contributed by atoms with E-state index >= 15 is 0 Å². The molecule has 0 radical (unpaired) electrons. The molecule has 5 heteroatoms. The number of benzene rings is 1. The number of nitrogens with zero attached hydrogens (tertiary/aromatic N) is 2. The Kier molecular flexibility index (Phi) is 2.45. The predicted molar refractivity (Wildman–Crippen MR) is 49.6 cm³/mol. The van der Waals surface area contributed by atoms with Crippen LogP contribution in [0.1, 0.15) is 5.89 Å². The Morgan fingerprint density at radius 3 is 2.79 bits per heavy atom. The van der Waals surface area contributed by atoms with Crippen molar-refractivity contribution in [3.8, 4) is 11.4 Å². The van der Waals surface area contributed by atoms with Crippen molar-refractivity contribution in [2.75, 3.05) is 0 Å². The van der Waals surface area contributed by atoms with Gasteiger partial charge in [-0.2, -0.15) is 4.98 Å². The van der Waals surface area contributed by atoms with Gasteiger partial charge in [0, 0.05) is 5.56 Å². The van der Waals surface area contributed by atoms with Gasteiger partial charge in [-0.05, 0) is 12.1 Å². The van der Waals surface area contributed by atoms with E-state index < -0.39 is 6.67 Å². The van der Waals surface area contributed by atoms with E-state index in [9.17, 15) is 4.39 Å². The Morgan fingerprint density at radius 2 is 2.14 bits per heavy atom. The molecule has 0 saturated heterocycles. The van der Waals surface area contributed by atoms with Crippen LogP contribution in [-0.2, 0) is 6.67 Å². The molecule has 1 aromatic heterocycles. The largest absolute Gasteiger partial charge is 0.336 e. The Hall–Kier alpha value is -1.42. The summed E-state index contributed by atoms with van der Waals surface area (Å²) in [6, 6.07) is 7.05. The summed E-state index contributed by atoms with van der Waals surface area (Å²) in [4.78, 5) is 3.82. The molecule has 0 bridgehead atoms. The molecule has 0 aliphatic rings. The minimum absolute atomic E-state index is 0.0417. The van der Waals surface area contributed by atoms with Gasteiger partial charge in [0.05, 0.1) is 5.02 Å². The van der Waals surface area contributed by atoms with Crippen molar-refractivity contribution in [3.63, 3.8) is 0 Å². The summed E-state index contributed by atoms with van der Waals surface area (Å²) >= 11 is 5.90. The van der Waals surface area contributed by atoms with Crippen molar-refractivity contribution < 1.29 is 8.91 Å². The molecule has 1 aromatic carbocycles. The number of alkyl halides is 1. The first-order valence-electron chi connectivity index (χ1n) is 3.94. The van der Waals surface area contributed by atoms with Gasteiger partial charge in [-0.15, -0.1) is 0 Å². The van der Waals surface area contributed by atoms with Crippen LogP contribution in [0.4, 0.5) is 4.39 Å². The van der Waals surface area contributed by atoms with Gasteiger partial charge in [0.1, 0.15) is 0 Å². The summed E-state index contributed by atoms with van der Waals surface area (Å²) < 4.78 is 16.8. The lowest BCUT2D eigenvalue weighted by atomic mass is 10.2. The maximum atomic E-state index is 12.1. The average molecular weight is 213 g/mol. The lowest BCUT2D eigenvalue weighted by Gasteiger charge is -1.95. The van der Waals surface area contributed by atoms with E-state index in [4.69, 9.17) is 11.6 Å². The van der Waals surface area contributed by atoms with E-state index in [1.807, 2.05) is 0 Å². The predicted octanol–water partition coefficient (Wildman–Crippen LogP) is 2.86. The van der Waals surface area contributed by atoms with E-state index in [2.05, 4.69) is 14.7 Å². The van der Waals surface area contributed by atoms with Gasteiger partial charge in [0.25, 0.3) is 5.89 Å². The molecule has 0 aliphatic heterocycles. The molecular formula is C9H6ClFN2O. The highest BCUT2D eigenvalue weighted by atomic mass is 35.5. The van der Waals surface area contributed by atoms with Crippen LogP contribution >= 0.6 is 11.6 Å². The number of hydrogen-bond donors (Lipinski definition) is 0. The zero-order chi connectivity index (χ0) is 9.97. The van der Waals surface area contributed by atoms with Crippen LogP contribution in [0.2, 0.25) is 5.02 Å². The normalized spacial score (nSPS) is 10.4. The SMILES string of the molecule is FCc1nc(-c2ccccc2Cl)no1. The third-order valence-corrected chi connectivity index (χ3v) is 2.03. The van der Waals surface area contributed by atoms with Crippen LogP contribution in [0.5, 0.6) is 0 Å². The van der Waals surface area contributed by atoms with Gasteiger partial charge >= 0.3 is 0 Å². The van der Waals surface area contributed by atoms with Gasteiger partial charge in [0.15, 0.2) is 6.67 Å². The lowest BCUT2D eigenvalue weighted by molar-refractivity contribution is 0.323. The van der Waals surface area contributed by atoms with Crippen molar-refractivity contribution in [2.45, 2.75) is 6.67 Å². The number of hydrogen-bond acceptors (Lipinski definition) is 3. The Balaban J connectivity index is 2.44. The number of halogens is 2.